The van der Waals surface area contributed by atoms with Crippen LogP contribution in [0.2, 0.25) is 0 Å². The fourth-order valence-electron chi connectivity index (χ4n) is 1.83. The molecule has 1 unspecified atom stereocenters. The Morgan fingerprint density at radius 1 is 1.18 bits per heavy atom. The highest BCUT2D eigenvalue weighted by Gasteiger charge is 2.13. The van der Waals surface area contributed by atoms with Crippen LogP contribution in [0.1, 0.15) is 0 Å². The molecule has 17 heavy (non-hydrogen) atoms. The predicted molar refractivity (Wildman–Crippen MR) is 65.7 cm³/mol. The number of oxime groups is 2. The molecule has 0 fully saturated rings. The maximum atomic E-state index is 8.64. The van der Waals surface area contributed by atoms with Crippen LogP contribution in [0.3, 0.4) is 0 Å². The van der Waals surface area contributed by atoms with Gasteiger partial charge in [0.05, 0.1) is 25.0 Å². The van der Waals surface area contributed by atoms with E-state index in [-0.39, 0.29) is 6.04 Å². The van der Waals surface area contributed by atoms with Crippen LogP contribution in [-0.2, 0) is 0 Å². The van der Waals surface area contributed by atoms with E-state index in [1.165, 1.54) is 12.4 Å². The third-order valence-electron chi connectivity index (χ3n) is 2.63. The smallest absolute Gasteiger partial charge is 0.0869 e. The molecule has 2 N–H and O–H groups in total. The first kappa shape index (κ1) is 11.2. The van der Waals surface area contributed by atoms with Gasteiger partial charge in [0.15, 0.2) is 0 Å². The van der Waals surface area contributed by atoms with Crippen LogP contribution in [0, 0.1) is 0 Å². The lowest BCUT2D eigenvalue weighted by Crippen LogP contribution is -2.42. The standard InChI is InChI=1S/C12H13N3O2/c16-13-5-6-15-9-11-4-2-1-3-10(11)7-12(15)8-14-17/h1-5,7-9,12,16-17H,6H2/b13-5+,14-8+. The number of hydrogen-bond donors (Lipinski definition) is 2. The summed E-state index contributed by atoms with van der Waals surface area (Å²) in [4.78, 5) is 1.90. The Hall–Kier alpha value is -2.30. The van der Waals surface area contributed by atoms with E-state index in [0.29, 0.717) is 6.54 Å². The summed E-state index contributed by atoms with van der Waals surface area (Å²) in [5.41, 5.74) is 0. The molecule has 0 bridgehead atoms. The molecule has 88 valence electrons. The third-order valence-corrected chi connectivity index (χ3v) is 2.63. The van der Waals surface area contributed by atoms with Crippen LogP contribution in [0.15, 0.2) is 34.6 Å². The Bertz CT molecular complexity index is 551. The van der Waals surface area contributed by atoms with Gasteiger partial charge >= 0.3 is 0 Å². The van der Waals surface area contributed by atoms with E-state index in [1.807, 2.05) is 41.4 Å². The zero-order chi connectivity index (χ0) is 12.1. The fraction of sp³-hybridized carbons (Fsp3) is 0.167. The molecule has 0 aromatic heterocycles. The van der Waals surface area contributed by atoms with E-state index >= 15 is 0 Å². The molecule has 1 aliphatic heterocycles. The summed E-state index contributed by atoms with van der Waals surface area (Å²) in [5, 5.41) is 25.3. The Labute approximate surface area is 98.3 Å². The molecule has 0 spiro atoms. The molecule has 5 heteroatoms. The summed E-state index contributed by atoms with van der Waals surface area (Å²) in [6.07, 6.45) is 6.75. The van der Waals surface area contributed by atoms with Gasteiger partial charge in [0.25, 0.3) is 0 Å². The molecule has 0 saturated heterocycles. The minimum absolute atomic E-state index is 0.145. The Kier molecular flexibility index (Phi) is 3.40. The number of nitrogens with zero attached hydrogens (tertiary/aromatic N) is 3. The second-order valence-corrected chi connectivity index (χ2v) is 3.67. The largest absolute Gasteiger partial charge is 0.411 e. The number of benzene rings is 1. The molecule has 5 nitrogen and oxygen atoms in total. The van der Waals surface area contributed by atoms with Gasteiger partial charge in [0, 0.05) is 6.20 Å². The minimum atomic E-state index is -0.145. The van der Waals surface area contributed by atoms with Gasteiger partial charge in [-0.25, -0.2) is 0 Å². The Morgan fingerprint density at radius 2 is 1.94 bits per heavy atom. The van der Waals surface area contributed by atoms with Gasteiger partial charge in [-0.2, -0.15) is 0 Å². The van der Waals surface area contributed by atoms with Crippen LogP contribution in [0.4, 0.5) is 0 Å². The lowest BCUT2D eigenvalue weighted by atomic mass is 10.1. The summed E-state index contributed by atoms with van der Waals surface area (Å²) >= 11 is 0. The highest BCUT2D eigenvalue weighted by Crippen LogP contribution is 2.02. The van der Waals surface area contributed by atoms with E-state index < -0.39 is 0 Å². The lowest BCUT2D eigenvalue weighted by Gasteiger charge is -2.26. The van der Waals surface area contributed by atoms with Crippen molar-refractivity contribution >= 4 is 24.7 Å². The fourth-order valence-corrected chi connectivity index (χ4v) is 1.83. The second kappa shape index (κ2) is 5.16. The van der Waals surface area contributed by atoms with Gasteiger partial charge in [-0.15, -0.1) is 5.16 Å². The van der Waals surface area contributed by atoms with Crippen LogP contribution < -0.4 is 10.4 Å². The zero-order valence-electron chi connectivity index (χ0n) is 9.14. The molecule has 1 atom stereocenters. The topological polar surface area (TPSA) is 68.4 Å². The van der Waals surface area contributed by atoms with E-state index in [4.69, 9.17) is 10.4 Å². The molecule has 1 aliphatic rings. The van der Waals surface area contributed by atoms with Crippen LogP contribution in [0.5, 0.6) is 0 Å². The van der Waals surface area contributed by atoms with E-state index in [1.54, 1.807) is 0 Å². The van der Waals surface area contributed by atoms with Gasteiger partial charge in [-0.1, -0.05) is 29.4 Å². The average molecular weight is 231 g/mol. The molecule has 1 aromatic carbocycles. The number of rotatable bonds is 3. The van der Waals surface area contributed by atoms with Crippen LogP contribution in [-0.4, -0.2) is 40.3 Å². The van der Waals surface area contributed by atoms with E-state index in [0.717, 1.165) is 10.4 Å². The van der Waals surface area contributed by atoms with Gasteiger partial charge in [0.2, 0.25) is 0 Å². The molecular weight excluding hydrogens is 218 g/mol. The van der Waals surface area contributed by atoms with Gasteiger partial charge in [-0.3, -0.25) is 0 Å². The predicted octanol–water partition coefficient (Wildman–Crippen LogP) is -0.191. The normalized spacial score (nSPS) is 19.1. The molecule has 0 radical (unpaired) electrons. The van der Waals surface area contributed by atoms with Crippen molar-refractivity contribution in [1.29, 1.82) is 0 Å². The Morgan fingerprint density at radius 3 is 2.65 bits per heavy atom. The number of hydrogen-bond acceptors (Lipinski definition) is 5. The average Bonchev–Trinajstić information content (AvgIpc) is 2.36. The highest BCUT2D eigenvalue weighted by atomic mass is 16.4. The van der Waals surface area contributed by atoms with Crippen molar-refractivity contribution in [2.75, 3.05) is 6.54 Å². The van der Waals surface area contributed by atoms with Gasteiger partial charge in [-0.05, 0) is 16.5 Å². The van der Waals surface area contributed by atoms with E-state index in [9.17, 15) is 0 Å². The van der Waals surface area contributed by atoms with Crippen molar-refractivity contribution in [2.45, 2.75) is 6.04 Å². The van der Waals surface area contributed by atoms with Crippen molar-refractivity contribution in [3.63, 3.8) is 0 Å². The first-order chi connectivity index (χ1) is 8.35. The van der Waals surface area contributed by atoms with Crippen molar-refractivity contribution < 1.29 is 10.4 Å². The van der Waals surface area contributed by atoms with Crippen molar-refractivity contribution in [3.8, 4) is 0 Å². The minimum Gasteiger partial charge on any atom is -0.411 e. The van der Waals surface area contributed by atoms with Gasteiger partial charge < -0.3 is 15.3 Å². The first-order valence-corrected chi connectivity index (χ1v) is 5.23. The quantitative estimate of drug-likeness (QED) is 0.430. The molecule has 1 aromatic rings. The molecule has 0 aliphatic carbocycles. The monoisotopic (exact) mass is 231 g/mol. The highest BCUT2D eigenvalue weighted by molar-refractivity contribution is 5.76. The molecule has 2 rings (SSSR count). The summed E-state index contributed by atoms with van der Waals surface area (Å²) in [6, 6.07) is 7.78. The summed E-state index contributed by atoms with van der Waals surface area (Å²) in [5.74, 6) is 0. The van der Waals surface area contributed by atoms with Crippen LogP contribution >= 0.6 is 0 Å². The zero-order valence-corrected chi connectivity index (χ0v) is 9.14. The van der Waals surface area contributed by atoms with Crippen LogP contribution in [0.25, 0.3) is 12.3 Å². The van der Waals surface area contributed by atoms with Gasteiger partial charge in [0.1, 0.15) is 0 Å². The Balaban J connectivity index is 2.42. The summed E-state index contributed by atoms with van der Waals surface area (Å²) in [7, 11) is 0. The lowest BCUT2D eigenvalue weighted by molar-refractivity contribution is 0.314. The number of fused-ring (bicyclic) bond motifs is 1. The summed E-state index contributed by atoms with van der Waals surface area (Å²) in [6.45, 7) is 0.442. The molecule has 1 heterocycles. The molecule has 0 saturated carbocycles. The maximum absolute atomic E-state index is 8.64. The molecule has 0 amide bonds. The van der Waals surface area contributed by atoms with Crippen molar-refractivity contribution in [1.82, 2.24) is 4.90 Å². The van der Waals surface area contributed by atoms with Crippen molar-refractivity contribution in [3.05, 3.63) is 34.7 Å². The summed E-state index contributed by atoms with van der Waals surface area (Å²) < 4.78 is 0. The maximum Gasteiger partial charge on any atom is 0.0869 e. The van der Waals surface area contributed by atoms with E-state index in [2.05, 4.69) is 10.3 Å². The molecular formula is C12H13N3O2. The van der Waals surface area contributed by atoms with Crippen molar-refractivity contribution in [2.24, 2.45) is 10.3 Å². The second-order valence-electron chi connectivity index (χ2n) is 3.67. The SMILES string of the molecule is O/N=C/CN1C=c2ccccc2=CC1/C=N/O. The third kappa shape index (κ3) is 2.44. The first-order valence-electron chi connectivity index (χ1n) is 5.23.